The van der Waals surface area contributed by atoms with Crippen molar-refractivity contribution in [1.82, 2.24) is 0 Å². The first-order valence-electron chi connectivity index (χ1n) is 8.16. The molecule has 126 valence electrons. The summed E-state index contributed by atoms with van der Waals surface area (Å²) in [7, 11) is 0. The van der Waals surface area contributed by atoms with Crippen molar-refractivity contribution >= 4 is 16.9 Å². The second-order valence-corrected chi connectivity index (χ2v) is 6.11. The molecule has 0 spiro atoms. The molecular weight excluding hydrogens is 320 g/mol. The van der Waals surface area contributed by atoms with Crippen LogP contribution in [0.25, 0.3) is 11.0 Å². The Bertz CT molecular complexity index is 1030. The summed E-state index contributed by atoms with van der Waals surface area (Å²) in [5, 5.41) is 10.2. The molecule has 0 bridgehead atoms. The summed E-state index contributed by atoms with van der Waals surface area (Å²) in [6, 6.07) is 12.1. The average Bonchev–Trinajstić information content (AvgIpc) is 3.10. The van der Waals surface area contributed by atoms with Gasteiger partial charge in [0.25, 0.3) is 0 Å². The zero-order chi connectivity index (χ0) is 17.4. The van der Waals surface area contributed by atoms with Crippen LogP contribution in [0.4, 0.5) is 0 Å². The van der Waals surface area contributed by atoms with Gasteiger partial charge in [-0.15, -0.1) is 0 Å². The van der Waals surface area contributed by atoms with Gasteiger partial charge in [-0.25, -0.2) is 9.59 Å². The lowest BCUT2D eigenvalue weighted by Crippen LogP contribution is -2.07. The number of fused-ring (bicyclic) bond motifs is 3. The van der Waals surface area contributed by atoms with Crippen LogP contribution < -0.4 is 10.4 Å². The average molecular weight is 336 g/mol. The van der Waals surface area contributed by atoms with Crippen molar-refractivity contribution in [2.45, 2.75) is 25.9 Å². The second kappa shape index (κ2) is 6.09. The smallest absolute Gasteiger partial charge is 0.339 e. The molecule has 0 amide bonds. The lowest BCUT2D eigenvalue weighted by molar-refractivity contribution is 0.0694. The van der Waals surface area contributed by atoms with Gasteiger partial charge in [0.05, 0.1) is 5.56 Å². The Morgan fingerprint density at radius 3 is 2.76 bits per heavy atom. The number of aromatic carboxylic acids is 1. The molecule has 5 nitrogen and oxygen atoms in total. The highest BCUT2D eigenvalue weighted by Crippen LogP contribution is 2.30. The van der Waals surface area contributed by atoms with Crippen molar-refractivity contribution in [2.75, 3.05) is 0 Å². The molecule has 25 heavy (non-hydrogen) atoms. The third-order valence-electron chi connectivity index (χ3n) is 4.59. The van der Waals surface area contributed by atoms with E-state index in [0.717, 1.165) is 35.8 Å². The van der Waals surface area contributed by atoms with Gasteiger partial charge in [0.2, 0.25) is 0 Å². The second-order valence-electron chi connectivity index (χ2n) is 6.11. The van der Waals surface area contributed by atoms with Crippen molar-refractivity contribution in [1.29, 1.82) is 0 Å². The first-order valence-corrected chi connectivity index (χ1v) is 8.16. The van der Waals surface area contributed by atoms with Crippen LogP contribution in [0.15, 0.2) is 51.7 Å². The maximum Gasteiger partial charge on any atom is 0.339 e. The van der Waals surface area contributed by atoms with Gasteiger partial charge in [-0.2, -0.15) is 0 Å². The van der Waals surface area contributed by atoms with Crippen LogP contribution in [-0.4, -0.2) is 11.1 Å². The molecule has 2 aromatic carbocycles. The van der Waals surface area contributed by atoms with E-state index >= 15 is 0 Å². The van der Waals surface area contributed by atoms with Crippen LogP contribution >= 0.6 is 0 Å². The predicted octanol–water partition coefficient (Wildman–Crippen LogP) is 3.56. The predicted molar refractivity (Wildman–Crippen MR) is 92.2 cm³/mol. The Morgan fingerprint density at radius 2 is 1.92 bits per heavy atom. The van der Waals surface area contributed by atoms with Crippen LogP contribution in [-0.2, 0) is 19.4 Å². The number of rotatable bonds is 4. The van der Waals surface area contributed by atoms with E-state index in [1.165, 1.54) is 0 Å². The minimum atomic E-state index is -0.987. The number of hydrogen-bond donors (Lipinski definition) is 1. The summed E-state index contributed by atoms with van der Waals surface area (Å²) in [5.41, 5.74) is 2.91. The highest BCUT2D eigenvalue weighted by molar-refractivity contribution is 5.89. The molecule has 1 heterocycles. The van der Waals surface area contributed by atoms with E-state index < -0.39 is 5.97 Å². The monoisotopic (exact) mass is 336 g/mol. The largest absolute Gasteiger partial charge is 0.489 e. The van der Waals surface area contributed by atoms with Crippen molar-refractivity contribution in [2.24, 2.45) is 0 Å². The standard InChI is InChI=1S/C20H16O5/c21-19(22)14-5-2-1-4-12(14)11-24-13-8-9-16-15-6-3-7-17(15)20(23)25-18(16)10-13/h1-2,4-5,8-10H,3,6-7,11H2,(H,21,22). The molecule has 4 rings (SSSR count). The van der Waals surface area contributed by atoms with Gasteiger partial charge in [0, 0.05) is 22.6 Å². The van der Waals surface area contributed by atoms with E-state index in [0.29, 0.717) is 16.9 Å². The topological polar surface area (TPSA) is 76.7 Å². The fourth-order valence-corrected chi connectivity index (χ4v) is 3.37. The van der Waals surface area contributed by atoms with Crippen LogP contribution in [0.2, 0.25) is 0 Å². The minimum absolute atomic E-state index is 0.128. The van der Waals surface area contributed by atoms with Gasteiger partial charge in [0.1, 0.15) is 17.9 Å². The van der Waals surface area contributed by atoms with Crippen molar-refractivity contribution in [3.63, 3.8) is 0 Å². The van der Waals surface area contributed by atoms with Gasteiger partial charge in [-0.3, -0.25) is 0 Å². The summed E-state index contributed by atoms with van der Waals surface area (Å²) >= 11 is 0. The number of hydrogen-bond acceptors (Lipinski definition) is 4. The molecule has 0 saturated carbocycles. The quantitative estimate of drug-likeness (QED) is 0.737. The summed E-state index contributed by atoms with van der Waals surface area (Å²) in [6.45, 7) is 0.128. The first kappa shape index (κ1) is 15.4. The molecule has 0 saturated heterocycles. The molecular formula is C20H16O5. The highest BCUT2D eigenvalue weighted by atomic mass is 16.5. The van der Waals surface area contributed by atoms with Gasteiger partial charge in [-0.1, -0.05) is 18.2 Å². The molecule has 1 N–H and O–H groups in total. The highest BCUT2D eigenvalue weighted by Gasteiger charge is 2.19. The van der Waals surface area contributed by atoms with Gasteiger partial charge in [-0.05, 0) is 43.0 Å². The maximum absolute atomic E-state index is 12.1. The van der Waals surface area contributed by atoms with Gasteiger partial charge < -0.3 is 14.3 Å². The third-order valence-corrected chi connectivity index (χ3v) is 4.59. The number of carboxylic acid groups (broad SMARTS) is 1. The normalized spacial score (nSPS) is 13.0. The van der Waals surface area contributed by atoms with Crippen LogP contribution in [0.5, 0.6) is 5.75 Å². The number of carboxylic acids is 1. The molecule has 1 aliphatic rings. The number of benzene rings is 2. The molecule has 0 atom stereocenters. The Labute approximate surface area is 143 Å². The molecule has 0 aliphatic heterocycles. The maximum atomic E-state index is 12.1. The fourth-order valence-electron chi connectivity index (χ4n) is 3.37. The number of ether oxygens (including phenoxy) is 1. The van der Waals surface area contributed by atoms with E-state index in [1.54, 1.807) is 30.3 Å². The van der Waals surface area contributed by atoms with E-state index in [4.69, 9.17) is 9.15 Å². The molecule has 5 heteroatoms. The first-order chi connectivity index (χ1) is 12.1. The van der Waals surface area contributed by atoms with E-state index in [9.17, 15) is 14.7 Å². The Kier molecular flexibility index (Phi) is 3.76. The SMILES string of the molecule is O=C(O)c1ccccc1COc1ccc2c3c(c(=O)oc2c1)CCC3. The summed E-state index contributed by atoms with van der Waals surface area (Å²) in [6.07, 6.45) is 2.64. The summed E-state index contributed by atoms with van der Waals surface area (Å²) in [4.78, 5) is 23.3. The van der Waals surface area contributed by atoms with Crippen LogP contribution in [0.1, 0.15) is 33.5 Å². The van der Waals surface area contributed by atoms with Gasteiger partial charge >= 0.3 is 11.6 Å². The molecule has 0 fully saturated rings. The Balaban J connectivity index is 1.64. The Hall–Kier alpha value is -3.08. The third kappa shape index (κ3) is 2.78. The molecule has 0 unspecified atom stereocenters. The molecule has 1 aliphatic carbocycles. The summed E-state index contributed by atoms with van der Waals surface area (Å²) < 4.78 is 11.2. The van der Waals surface area contributed by atoms with Crippen molar-refractivity contribution < 1.29 is 19.1 Å². The molecule has 3 aromatic rings. The summed E-state index contributed by atoms with van der Waals surface area (Å²) in [5.74, 6) is -0.451. The van der Waals surface area contributed by atoms with E-state index in [2.05, 4.69) is 0 Å². The van der Waals surface area contributed by atoms with Crippen molar-refractivity contribution in [3.8, 4) is 5.75 Å². The van der Waals surface area contributed by atoms with Crippen molar-refractivity contribution in [3.05, 3.63) is 75.1 Å². The minimum Gasteiger partial charge on any atom is -0.489 e. The van der Waals surface area contributed by atoms with Gasteiger partial charge in [0.15, 0.2) is 0 Å². The van der Waals surface area contributed by atoms with E-state index in [-0.39, 0.29) is 17.8 Å². The molecule has 0 radical (unpaired) electrons. The lowest BCUT2D eigenvalue weighted by atomic mass is 10.1. The Morgan fingerprint density at radius 1 is 1.12 bits per heavy atom. The zero-order valence-corrected chi connectivity index (χ0v) is 13.5. The lowest BCUT2D eigenvalue weighted by Gasteiger charge is -2.10. The number of carbonyl (C=O) groups is 1. The van der Waals surface area contributed by atoms with Crippen LogP contribution in [0, 0.1) is 0 Å². The van der Waals surface area contributed by atoms with Crippen LogP contribution in [0.3, 0.4) is 0 Å². The fraction of sp³-hybridized carbons (Fsp3) is 0.200. The molecule has 1 aromatic heterocycles. The number of aryl methyl sites for hydroxylation is 1. The van der Waals surface area contributed by atoms with E-state index in [1.807, 2.05) is 12.1 Å². The zero-order valence-electron chi connectivity index (χ0n) is 13.5.